The minimum atomic E-state index is -3.54. The zero-order valence-electron chi connectivity index (χ0n) is 31.0. The van der Waals surface area contributed by atoms with Gasteiger partial charge in [-0.2, -0.15) is 5.26 Å². The molecule has 1 unspecified atom stereocenters. The molecule has 4 saturated heterocycles. The molecule has 2 amide bonds. The first-order valence-electron chi connectivity index (χ1n) is 19.7. The zero-order chi connectivity index (χ0) is 37.9. The number of benzene rings is 2. The molecule has 7 rings (SSSR count). The van der Waals surface area contributed by atoms with E-state index in [-0.39, 0.29) is 42.7 Å². The number of anilines is 1. The highest BCUT2D eigenvalue weighted by Gasteiger charge is 2.53. The Kier molecular flexibility index (Phi) is 11.6. The Morgan fingerprint density at radius 1 is 0.926 bits per heavy atom. The largest absolute Gasteiger partial charge is 0.465 e. The summed E-state index contributed by atoms with van der Waals surface area (Å²) in [6.07, 6.45) is 9.80. The standard InChI is InChI=1S/C41H53FN6O5S/c42-33-8-4-7-32(23-33)41(29-43,37-9-5-10-38(37)44-40(50)51)31-16-21-46(22-17-31)24-30-25-47(26-30)34-12-14-35(15-13-34)54(52,53)36-27-48(28-36)39(49)11-6-20-45-18-2-1-3-19-45/h4,6-8,11-15,23,30-31,36-38,44H,1-3,5,9-10,16-22,24-28H2,(H,50,51)/b11-6+/t37-,38-,41?/m0/s1. The minimum absolute atomic E-state index is 0.0240. The third-order valence-corrected chi connectivity index (χ3v) is 14.9. The van der Waals surface area contributed by atoms with Crippen LogP contribution < -0.4 is 10.2 Å². The molecule has 0 aromatic heterocycles. The number of nitrogens with one attached hydrogen (secondary N) is 1. The molecule has 5 aliphatic rings. The second-order valence-corrected chi connectivity index (χ2v) is 18.3. The highest BCUT2D eigenvalue weighted by Crippen LogP contribution is 2.50. The smallest absolute Gasteiger partial charge is 0.404 e. The van der Waals surface area contributed by atoms with Crippen molar-refractivity contribution in [2.24, 2.45) is 17.8 Å². The van der Waals surface area contributed by atoms with Crippen molar-refractivity contribution in [1.29, 1.82) is 5.26 Å². The average Bonchev–Trinajstić information content (AvgIpc) is 3.58. The van der Waals surface area contributed by atoms with Crippen molar-refractivity contribution >= 4 is 27.5 Å². The molecule has 290 valence electrons. The summed E-state index contributed by atoms with van der Waals surface area (Å²) in [5.74, 6) is -0.310. The molecular weight excluding hydrogens is 708 g/mol. The van der Waals surface area contributed by atoms with E-state index in [2.05, 4.69) is 26.1 Å². The quantitative estimate of drug-likeness (QED) is 0.290. The summed E-state index contributed by atoms with van der Waals surface area (Å²) in [5.41, 5.74) is 0.657. The van der Waals surface area contributed by atoms with Crippen molar-refractivity contribution in [3.05, 3.63) is 72.1 Å². The lowest BCUT2D eigenvalue weighted by Gasteiger charge is -2.48. The molecule has 4 aliphatic heterocycles. The molecule has 1 aliphatic carbocycles. The van der Waals surface area contributed by atoms with Gasteiger partial charge in [0.05, 0.1) is 16.4 Å². The van der Waals surface area contributed by atoms with Crippen LogP contribution in [0.1, 0.15) is 56.9 Å². The number of piperidine rings is 2. The van der Waals surface area contributed by atoms with Gasteiger partial charge in [0.15, 0.2) is 9.84 Å². The lowest BCUT2D eigenvalue weighted by atomic mass is 9.59. The van der Waals surface area contributed by atoms with E-state index >= 15 is 0 Å². The van der Waals surface area contributed by atoms with Crippen LogP contribution in [0.4, 0.5) is 14.9 Å². The summed E-state index contributed by atoms with van der Waals surface area (Å²) in [5, 5.41) is 22.5. The molecule has 3 atom stereocenters. The monoisotopic (exact) mass is 760 g/mol. The number of sulfone groups is 1. The molecule has 13 heteroatoms. The Bertz CT molecular complexity index is 1830. The number of nitrogens with zero attached hydrogens (tertiary/aromatic N) is 5. The number of nitriles is 1. The minimum Gasteiger partial charge on any atom is -0.465 e. The fourth-order valence-corrected chi connectivity index (χ4v) is 11.5. The molecular formula is C41H53FN6O5S. The summed E-state index contributed by atoms with van der Waals surface area (Å²) < 4.78 is 41.2. The maximum Gasteiger partial charge on any atom is 0.404 e. The van der Waals surface area contributed by atoms with Gasteiger partial charge in [-0.1, -0.05) is 31.1 Å². The van der Waals surface area contributed by atoms with E-state index in [1.54, 1.807) is 29.2 Å². The van der Waals surface area contributed by atoms with Crippen molar-refractivity contribution in [3.63, 3.8) is 0 Å². The highest BCUT2D eigenvalue weighted by atomic mass is 32.2. The zero-order valence-corrected chi connectivity index (χ0v) is 31.8. The lowest BCUT2D eigenvalue weighted by Crippen LogP contribution is -2.56. The number of likely N-dealkylation sites (tertiary alicyclic amines) is 3. The van der Waals surface area contributed by atoms with Crippen molar-refractivity contribution in [3.8, 4) is 6.07 Å². The highest BCUT2D eigenvalue weighted by molar-refractivity contribution is 7.92. The fourth-order valence-electron chi connectivity index (χ4n) is 9.81. The van der Waals surface area contributed by atoms with E-state index in [0.717, 1.165) is 83.7 Å². The van der Waals surface area contributed by atoms with Crippen molar-refractivity contribution in [2.75, 3.05) is 70.3 Å². The van der Waals surface area contributed by atoms with Crippen molar-refractivity contribution in [1.82, 2.24) is 20.0 Å². The number of carboxylic acid groups (broad SMARTS) is 1. The molecule has 4 heterocycles. The van der Waals surface area contributed by atoms with Crippen LogP contribution in [0, 0.1) is 34.9 Å². The van der Waals surface area contributed by atoms with Gasteiger partial charge in [-0.25, -0.2) is 17.6 Å². The second-order valence-electron chi connectivity index (χ2n) is 16.1. The summed E-state index contributed by atoms with van der Waals surface area (Å²) in [6.45, 7) is 7.60. The maximum absolute atomic E-state index is 14.6. The van der Waals surface area contributed by atoms with Gasteiger partial charge in [0.1, 0.15) is 11.1 Å². The number of carbonyl (C=O) groups is 2. The topological polar surface area (TPSA) is 137 Å². The van der Waals surface area contributed by atoms with Gasteiger partial charge < -0.3 is 25.1 Å². The van der Waals surface area contributed by atoms with E-state index in [9.17, 15) is 32.8 Å². The first-order valence-corrected chi connectivity index (χ1v) is 21.3. The molecule has 0 radical (unpaired) electrons. The van der Waals surface area contributed by atoms with Crippen LogP contribution in [0.2, 0.25) is 0 Å². The predicted octanol–water partition coefficient (Wildman–Crippen LogP) is 4.90. The van der Waals surface area contributed by atoms with Crippen LogP contribution in [0.25, 0.3) is 0 Å². The van der Waals surface area contributed by atoms with E-state index in [4.69, 9.17) is 0 Å². The van der Waals surface area contributed by atoms with Gasteiger partial charge in [-0.05, 0) is 113 Å². The third-order valence-electron chi connectivity index (χ3n) is 12.8. The third kappa shape index (κ3) is 8.02. The number of carbonyl (C=O) groups excluding carboxylic acids is 1. The van der Waals surface area contributed by atoms with Crippen molar-refractivity contribution in [2.45, 2.75) is 73.0 Å². The molecule has 0 spiro atoms. The van der Waals surface area contributed by atoms with E-state index in [1.807, 2.05) is 24.3 Å². The van der Waals surface area contributed by atoms with Gasteiger partial charge in [-0.3, -0.25) is 9.69 Å². The van der Waals surface area contributed by atoms with Crippen LogP contribution in [0.5, 0.6) is 0 Å². The number of amides is 2. The number of hydrogen-bond acceptors (Lipinski definition) is 8. The van der Waals surface area contributed by atoms with Crippen LogP contribution in [-0.2, 0) is 20.0 Å². The van der Waals surface area contributed by atoms with Crippen LogP contribution in [-0.4, -0.2) is 117 Å². The number of halogens is 1. The molecule has 54 heavy (non-hydrogen) atoms. The summed E-state index contributed by atoms with van der Waals surface area (Å²) in [7, 11) is -3.54. The van der Waals surface area contributed by atoms with Crippen LogP contribution in [0.15, 0.2) is 65.6 Å². The first kappa shape index (κ1) is 38.3. The first-order chi connectivity index (χ1) is 26.1. The van der Waals surface area contributed by atoms with Crippen molar-refractivity contribution < 1.29 is 27.5 Å². The van der Waals surface area contributed by atoms with E-state index < -0.39 is 26.6 Å². The van der Waals surface area contributed by atoms with Gasteiger partial charge in [0.25, 0.3) is 0 Å². The predicted molar refractivity (Wildman–Crippen MR) is 204 cm³/mol. The Labute approximate surface area is 318 Å². The van der Waals surface area contributed by atoms with E-state index in [0.29, 0.717) is 22.8 Å². The Morgan fingerprint density at radius 2 is 1.65 bits per heavy atom. The summed E-state index contributed by atoms with van der Waals surface area (Å²) in [6, 6.07) is 15.8. The molecule has 11 nitrogen and oxygen atoms in total. The molecule has 2 N–H and O–H groups in total. The normalized spacial score (nSPS) is 24.8. The Hall–Kier alpha value is -3.99. The lowest BCUT2D eigenvalue weighted by molar-refractivity contribution is -0.129. The number of hydrogen-bond donors (Lipinski definition) is 2. The fraction of sp³-hybridized carbons (Fsp3) is 0.585. The van der Waals surface area contributed by atoms with Gasteiger partial charge in [-0.15, -0.1) is 0 Å². The summed E-state index contributed by atoms with van der Waals surface area (Å²) >= 11 is 0. The van der Waals surface area contributed by atoms with Crippen LogP contribution in [0.3, 0.4) is 0 Å². The Balaban J connectivity index is 0.886. The second kappa shape index (κ2) is 16.4. The number of rotatable bonds is 12. The molecule has 1 saturated carbocycles. The van der Waals surface area contributed by atoms with Crippen LogP contribution >= 0.6 is 0 Å². The van der Waals surface area contributed by atoms with E-state index in [1.165, 1.54) is 31.4 Å². The van der Waals surface area contributed by atoms with Gasteiger partial charge in [0.2, 0.25) is 5.91 Å². The summed E-state index contributed by atoms with van der Waals surface area (Å²) in [4.78, 5) is 33.2. The Morgan fingerprint density at radius 3 is 2.31 bits per heavy atom. The average molecular weight is 761 g/mol. The molecule has 5 fully saturated rings. The molecule has 0 bridgehead atoms. The van der Waals surface area contributed by atoms with Gasteiger partial charge >= 0.3 is 6.09 Å². The van der Waals surface area contributed by atoms with Gasteiger partial charge in [0, 0.05) is 68.9 Å². The SMILES string of the molecule is N#CC(c1cccc(F)c1)(C1CCN(CC2CN(c3ccc(S(=O)(=O)C4CN(C(=O)/C=C/CN5CCCCC5)C4)cc3)C2)CC1)[C@H]1CCC[C@@H]1NC(=O)O. The molecule has 2 aromatic rings. The molecule has 2 aromatic carbocycles. The maximum atomic E-state index is 14.6.